The number of rotatable bonds is 7. The van der Waals surface area contributed by atoms with Crippen LogP contribution < -0.4 is 0 Å². The Kier molecular flexibility index (Phi) is 8.78. The highest BCUT2D eigenvalue weighted by atomic mass is 16.3. The first kappa shape index (κ1) is 10.3. The van der Waals surface area contributed by atoms with Gasteiger partial charge in [0.05, 0.1) is 6.54 Å². The van der Waals surface area contributed by atoms with Crippen molar-refractivity contribution in [3.63, 3.8) is 0 Å². The fourth-order valence-corrected chi connectivity index (χ4v) is 0.831. The van der Waals surface area contributed by atoms with Crippen molar-refractivity contribution in [1.29, 1.82) is 0 Å². The summed E-state index contributed by atoms with van der Waals surface area (Å²) in [5.74, 6) is 0. The summed E-state index contributed by atoms with van der Waals surface area (Å²) < 4.78 is 0. The molecule has 0 unspecified atom stereocenters. The van der Waals surface area contributed by atoms with Crippen LogP contribution in [0.4, 0.5) is 0 Å². The molecule has 0 saturated carbocycles. The van der Waals surface area contributed by atoms with Gasteiger partial charge >= 0.3 is 0 Å². The van der Waals surface area contributed by atoms with E-state index < -0.39 is 0 Å². The summed E-state index contributed by atoms with van der Waals surface area (Å²) >= 11 is 0. The normalized spacial score (nSPS) is 10.6. The highest BCUT2D eigenvalue weighted by molar-refractivity contribution is 4.81. The van der Waals surface area contributed by atoms with Crippen molar-refractivity contribution in [2.75, 3.05) is 6.54 Å². The van der Waals surface area contributed by atoms with Gasteiger partial charge in [0.25, 0.3) is 0 Å². The van der Waals surface area contributed by atoms with Crippen molar-refractivity contribution in [2.45, 2.75) is 39.0 Å². The van der Waals surface area contributed by atoms with E-state index in [1.54, 1.807) is 0 Å². The molecule has 0 rings (SSSR count). The number of hydrogen-bond donors (Lipinski definition) is 0. The molecule has 0 aromatic carbocycles. The van der Waals surface area contributed by atoms with Crippen LogP contribution >= 0.6 is 0 Å². The van der Waals surface area contributed by atoms with Crippen molar-refractivity contribution < 1.29 is 0 Å². The molecule has 0 aliphatic carbocycles. The molecule has 2 nitrogen and oxygen atoms in total. The molecule has 0 fully saturated rings. The molecular formula is C9H17NO. The molecule has 2 heteroatoms. The Hall–Kier alpha value is -0.660. The van der Waals surface area contributed by atoms with Crippen LogP contribution in [-0.2, 0) is 0 Å². The topological polar surface area (TPSA) is 29.4 Å². The summed E-state index contributed by atoms with van der Waals surface area (Å²) in [6.07, 6.45) is 9.91. The Bertz CT molecular complexity index is 110. The molecule has 64 valence electrons. The Balaban J connectivity index is 2.97. The first-order chi connectivity index (χ1) is 5.41. The Morgan fingerprint density at radius 2 is 1.82 bits per heavy atom. The van der Waals surface area contributed by atoms with Gasteiger partial charge in [0.1, 0.15) is 0 Å². The van der Waals surface area contributed by atoms with Gasteiger partial charge in [-0.1, -0.05) is 37.1 Å². The maximum Gasteiger partial charge on any atom is 0.0814 e. The number of allylic oxidation sites excluding steroid dienone is 2. The average Bonchev–Trinajstić information content (AvgIpc) is 2.03. The Morgan fingerprint density at radius 1 is 1.18 bits per heavy atom. The lowest BCUT2D eigenvalue weighted by molar-refractivity contribution is 0.804. The van der Waals surface area contributed by atoms with Gasteiger partial charge in [-0.05, 0) is 19.3 Å². The maximum atomic E-state index is 9.67. The summed E-state index contributed by atoms with van der Waals surface area (Å²) in [5.41, 5.74) is 0. The van der Waals surface area contributed by atoms with E-state index in [2.05, 4.69) is 24.3 Å². The van der Waals surface area contributed by atoms with Crippen LogP contribution in [0.3, 0.4) is 0 Å². The smallest absolute Gasteiger partial charge is 0.0814 e. The van der Waals surface area contributed by atoms with Crippen molar-refractivity contribution in [3.05, 3.63) is 17.1 Å². The molecule has 0 aromatic rings. The second-order valence-corrected chi connectivity index (χ2v) is 2.61. The summed E-state index contributed by atoms with van der Waals surface area (Å²) in [6, 6.07) is 0. The first-order valence-corrected chi connectivity index (χ1v) is 4.36. The van der Waals surface area contributed by atoms with Crippen LogP contribution in [0.15, 0.2) is 17.3 Å². The molecule has 0 aliphatic heterocycles. The molecule has 0 bridgehead atoms. The minimum Gasteiger partial charge on any atom is -0.151 e. The van der Waals surface area contributed by atoms with Gasteiger partial charge in [0.2, 0.25) is 0 Å². The third kappa shape index (κ3) is 9.34. The lowest BCUT2D eigenvalue weighted by Gasteiger charge is -1.88. The number of unbranched alkanes of at least 4 members (excludes halogenated alkanes) is 3. The summed E-state index contributed by atoms with van der Waals surface area (Å²) in [5, 5.41) is 2.79. The zero-order valence-corrected chi connectivity index (χ0v) is 7.25. The monoisotopic (exact) mass is 155 g/mol. The second-order valence-electron chi connectivity index (χ2n) is 2.61. The maximum absolute atomic E-state index is 9.67. The summed E-state index contributed by atoms with van der Waals surface area (Å²) in [6.45, 7) is 2.64. The molecule has 0 radical (unpaired) electrons. The van der Waals surface area contributed by atoms with Gasteiger partial charge in [0.15, 0.2) is 0 Å². The lowest BCUT2D eigenvalue weighted by atomic mass is 10.2. The van der Waals surface area contributed by atoms with E-state index in [4.69, 9.17) is 0 Å². The van der Waals surface area contributed by atoms with Crippen molar-refractivity contribution in [2.24, 2.45) is 5.18 Å². The highest BCUT2D eigenvalue weighted by Crippen LogP contribution is 1.97. The van der Waals surface area contributed by atoms with Gasteiger partial charge in [-0.15, -0.1) is 0 Å². The first-order valence-electron chi connectivity index (χ1n) is 4.36. The number of hydrogen-bond acceptors (Lipinski definition) is 2. The van der Waals surface area contributed by atoms with Crippen molar-refractivity contribution in [1.82, 2.24) is 0 Å². The minimum atomic E-state index is 0.456. The van der Waals surface area contributed by atoms with Gasteiger partial charge in [0, 0.05) is 0 Å². The fourth-order valence-electron chi connectivity index (χ4n) is 0.831. The quantitative estimate of drug-likeness (QED) is 0.315. The fraction of sp³-hybridized carbons (Fsp3) is 0.778. The molecule has 0 amide bonds. The summed E-state index contributed by atoms with van der Waals surface area (Å²) in [7, 11) is 0. The third-order valence-corrected chi connectivity index (χ3v) is 1.51. The number of nitrogens with zero attached hydrogens (tertiary/aromatic N) is 1. The van der Waals surface area contributed by atoms with Gasteiger partial charge in [-0.2, -0.15) is 4.91 Å². The molecule has 0 saturated heterocycles. The van der Waals surface area contributed by atoms with E-state index in [1.165, 1.54) is 19.3 Å². The molecular weight excluding hydrogens is 138 g/mol. The summed E-state index contributed by atoms with van der Waals surface area (Å²) in [4.78, 5) is 9.67. The molecule has 0 spiro atoms. The largest absolute Gasteiger partial charge is 0.151 e. The Morgan fingerprint density at radius 3 is 2.36 bits per heavy atom. The Labute approximate surface area is 68.7 Å². The van der Waals surface area contributed by atoms with Crippen molar-refractivity contribution >= 4 is 0 Å². The SMILES string of the molecule is CCCC/C=C\CCCN=O. The zero-order chi connectivity index (χ0) is 8.36. The molecule has 0 aliphatic rings. The lowest BCUT2D eigenvalue weighted by Crippen LogP contribution is -1.76. The minimum absolute atomic E-state index is 0.456. The molecule has 0 heterocycles. The van der Waals surface area contributed by atoms with E-state index in [-0.39, 0.29) is 0 Å². The average molecular weight is 155 g/mol. The van der Waals surface area contributed by atoms with Crippen LogP contribution in [0, 0.1) is 4.91 Å². The van der Waals surface area contributed by atoms with Gasteiger partial charge < -0.3 is 0 Å². The van der Waals surface area contributed by atoms with Crippen LogP contribution in [0.1, 0.15) is 39.0 Å². The van der Waals surface area contributed by atoms with E-state index in [0.717, 1.165) is 12.8 Å². The predicted molar refractivity (Wildman–Crippen MR) is 48.6 cm³/mol. The van der Waals surface area contributed by atoms with E-state index >= 15 is 0 Å². The molecule has 0 N–H and O–H groups in total. The molecule has 11 heavy (non-hydrogen) atoms. The standard InChI is InChI=1S/C9H17NO/c1-2-3-4-5-6-7-8-9-10-11/h5-6H,2-4,7-9H2,1H3/b6-5-. The van der Waals surface area contributed by atoms with E-state index in [1.807, 2.05) is 0 Å². The van der Waals surface area contributed by atoms with E-state index in [0.29, 0.717) is 6.54 Å². The zero-order valence-electron chi connectivity index (χ0n) is 7.25. The predicted octanol–water partition coefficient (Wildman–Crippen LogP) is 3.28. The second kappa shape index (κ2) is 9.34. The highest BCUT2D eigenvalue weighted by Gasteiger charge is 1.81. The van der Waals surface area contributed by atoms with Gasteiger partial charge in [-0.3, -0.25) is 0 Å². The van der Waals surface area contributed by atoms with Crippen LogP contribution in [0.5, 0.6) is 0 Å². The number of nitroso groups, excluding NO2 is 1. The van der Waals surface area contributed by atoms with Crippen LogP contribution in [0.25, 0.3) is 0 Å². The van der Waals surface area contributed by atoms with Gasteiger partial charge in [-0.25, -0.2) is 0 Å². The molecule has 0 aromatic heterocycles. The van der Waals surface area contributed by atoms with Crippen LogP contribution in [-0.4, -0.2) is 6.54 Å². The van der Waals surface area contributed by atoms with E-state index in [9.17, 15) is 4.91 Å². The molecule has 0 atom stereocenters. The van der Waals surface area contributed by atoms with Crippen LogP contribution in [0.2, 0.25) is 0 Å². The third-order valence-electron chi connectivity index (χ3n) is 1.51. The van der Waals surface area contributed by atoms with Crippen molar-refractivity contribution in [3.8, 4) is 0 Å².